The summed E-state index contributed by atoms with van der Waals surface area (Å²) in [6.45, 7) is 6.67. The van der Waals surface area contributed by atoms with Crippen LogP contribution in [0.2, 0.25) is 0 Å². The van der Waals surface area contributed by atoms with E-state index < -0.39 is 0 Å². The van der Waals surface area contributed by atoms with Gasteiger partial charge in [-0.2, -0.15) is 0 Å². The van der Waals surface area contributed by atoms with E-state index in [1.165, 1.54) is 88.2 Å². The first-order valence-corrected chi connectivity index (χ1v) is 11.9. The van der Waals surface area contributed by atoms with E-state index in [1.807, 2.05) is 0 Å². The van der Waals surface area contributed by atoms with Gasteiger partial charge in [0.15, 0.2) is 0 Å². The fourth-order valence-electron chi connectivity index (χ4n) is 5.75. The molecule has 0 aliphatic heterocycles. The lowest BCUT2D eigenvalue weighted by atomic mass is 9.68. The average Bonchev–Trinajstić information content (AvgIpc) is 2.69. The van der Waals surface area contributed by atoms with Gasteiger partial charge in [0.1, 0.15) is 0 Å². The van der Waals surface area contributed by atoms with Gasteiger partial charge in [0, 0.05) is 0 Å². The van der Waals surface area contributed by atoms with E-state index in [4.69, 9.17) is 0 Å². The van der Waals surface area contributed by atoms with Gasteiger partial charge in [-0.1, -0.05) is 81.4 Å². The number of allylic oxidation sites excluding steroid dienone is 1. The second-order valence-electron chi connectivity index (χ2n) is 9.78. The smallest absolute Gasteiger partial charge is 0.0162 e. The molecule has 27 heavy (non-hydrogen) atoms. The predicted molar refractivity (Wildman–Crippen MR) is 120 cm³/mol. The third-order valence-corrected chi connectivity index (χ3v) is 7.41. The van der Waals surface area contributed by atoms with Crippen LogP contribution in [0.1, 0.15) is 115 Å². The standard InChI is InChI=1S/C27H42/c1-4-5-6-7-22-8-12-24(13-9-22)26-16-18-27(19-17-26)25-14-10-23(11-15-25)20-21(2)3/h10-11,14-15,20,22,24,26-27H,4-9,12-13,16-19H2,1-3H3/t22-,24-,26-,27-. The van der Waals surface area contributed by atoms with Crippen LogP contribution >= 0.6 is 0 Å². The maximum atomic E-state index is 2.39. The van der Waals surface area contributed by atoms with Crippen LogP contribution in [0.3, 0.4) is 0 Å². The zero-order chi connectivity index (χ0) is 19.1. The monoisotopic (exact) mass is 366 g/mol. The van der Waals surface area contributed by atoms with Crippen LogP contribution in [0.5, 0.6) is 0 Å². The first-order valence-electron chi connectivity index (χ1n) is 11.9. The van der Waals surface area contributed by atoms with Crippen LogP contribution in [-0.2, 0) is 0 Å². The van der Waals surface area contributed by atoms with Gasteiger partial charge in [-0.25, -0.2) is 0 Å². The quantitative estimate of drug-likeness (QED) is 0.423. The molecular weight excluding hydrogens is 324 g/mol. The lowest BCUT2D eigenvalue weighted by Gasteiger charge is -2.38. The van der Waals surface area contributed by atoms with Crippen LogP contribution in [-0.4, -0.2) is 0 Å². The Morgan fingerprint density at radius 1 is 0.815 bits per heavy atom. The van der Waals surface area contributed by atoms with E-state index in [1.54, 1.807) is 5.56 Å². The van der Waals surface area contributed by atoms with Gasteiger partial charge in [0.25, 0.3) is 0 Å². The summed E-state index contributed by atoms with van der Waals surface area (Å²) in [7, 11) is 0. The molecule has 0 spiro atoms. The summed E-state index contributed by atoms with van der Waals surface area (Å²) < 4.78 is 0. The highest BCUT2D eigenvalue weighted by atomic mass is 14.4. The summed E-state index contributed by atoms with van der Waals surface area (Å²) in [4.78, 5) is 0. The number of rotatable bonds is 7. The predicted octanol–water partition coefficient (Wildman–Crippen LogP) is 8.77. The first-order chi connectivity index (χ1) is 13.2. The molecule has 2 aliphatic rings. The molecule has 0 N–H and O–H groups in total. The second-order valence-corrected chi connectivity index (χ2v) is 9.78. The number of benzene rings is 1. The van der Waals surface area contributed by atoms with Crippen molar-refractivity contribution in [2.75, 3.05) is 0 Å². The Morgan fingerprint density at radius 2 is 1.41 bits per heavy atom. The number of hydrogen-bond acceptors (Lipinski definition) is 0. The van der Waals surface area contributed by atoms with Crippen molar-refractivity contribution in [3.05, 3.63) is 41.0 Å². The van der Waals surface area contributed by atoms with Gasteiger partial charge in [0.2, 0.25) is 0 Å². The van der Waals surface area contributed by atoms with Crippen LogP contribution in [0.15, 0.2) is 29.8 Å². The van der Waals surface area contributed by atoms with Crippen molar-refractivity contribution in [3.63, 3.8) is 0 Å². The Kier molecular flexibility index (Phi) is 8.04. The summed E-state index contributed by atoms with van der Waals surface area (Å²) in [5.41, 5.74) is 4.31. The molecule has 0 nitrogen and oxygen atoms in total. The summed E-state index contributed by atoms with van der Waals surface area (Å²) in [5.74, 6) is 3.95. The molecular formula is C27H42. The van der Waals surface area contributed by atoms with Crippen LogP contribution < -0.4 is 0 Å². The Balaban J connectivity index is 1.42. The highest BCUT2D eigenvalue weighted by Crippen LogP contribution is 2.44. The molecule has 0 saturated heterocycles. The maximum absolute atomic E-state index is 2.39. The van der Waals surface area contributed by atoms with E-state index in [-0.39, 0.29) is 0 Å². The van der Waals surface area contributed by atoms with Gasteiger partial charge >= 0.3 is 0 Å². The van der Waals surface area contributed by atoms with E-state index in [2.05, 4.69) is 51.1 Å². The number of unbranched alkanes of at least 4 members (excludes halogenated alkanes) is 2. The van der Waals surface area contributed by atoms with Crippen molar-refractivity contribution in [2.45, 2.75) is 104 Å². The van der Waals surface area contributed by atoms with Crippen molar-refractivity contribution in [2.24, 2.45) is 17.8 Å². The largest absolute Gasteiger partial charge is 0.0758 e. The van der Waals surface area contributed by atoms with Gasteiger partial charge in [-0.3, -0.25) is 0 Å². The molecule has 0 unspecified atom stereocenters. The minimum atomic E-state index is 0.812. The van der Waals surface area contributed by atoms with Crippen molar-refractivity contribution in [3.8, 4) is 0 Å². The first kappa shape index (κ1) is 20.7. The minimum absolute atomic E-state index is 0.812. The van der Waals surface area contributed by atoms with Gasteiger partial charge in [-0.05, 0) is 87.2 Å². The van der Waals surface area contributed by atoms with Crippen molar-refractivity contribution >= 4 is 6.08 Å². The zero-order valence-corrected chi connectivity index (χ0v) is 18.2. The fourth-order valence-corrected chi connectivity index (χ4v) is 5.75. The fraction of sp³-hybridized carbons (Fsp3) is 0.704. The number of hydrogen-bond donors (Lipinski definition) is 0. The molecule has 1 aromatic rings. The van der Waals surface area contributed by atoms with E-state index in [9.17, 15) is 0 Å². The van der Waals surface area contributed by atoms with Crippen molar-refractivity contribution in [1.82, 2.24) is 0 Å². The van der Waals surface area contributed by atoms with Gasteiger partial charge < -0.3 is 0 Å². The average molecular weight is 367 g/mol. The molecule has 0 radical (unpaired) electrons. The summed E-state index contributed by atoms with van der Waals surface area (Å²) in [6.07, 6.45) is 20.0. The molecule has 0 aromatic heterocycles. The molecule has 0 amide bonds. The molecule has 0 heterocycles. The summed E-state index contributed by atoms with van der Waals surface area (Å²) >= 11 is 0. The second kappa shape index (κ2) is 10.5. The summed E-state index contributed by atoms with van der Waals surface area (Å²) in [5, 5.41) is 0. The molecule has 0 heteroatoms. The van der Waals surface area contributed by atoms with Crippen molar-refractivity contribution in [1.29, 1.82) is 0 Å². The Bertz CT molecular complexity index is 559. The molecule has 2 saturated carbocycles. The van der Waals surface area contributed by atoms with Crippen LogP contribution in [0.25, 0.3) is 6.08 Å². The lowest BCUT2D eigenvalue weighted by molar-refractivity contribution is 0.155. The van der Waals surface area contributed by atoms with Crippen LogP contribution in [0.4, 0.5) is 0 Å². The molecule has 2 aliphatic carbocycles. The molecule has 150 valence electrons. The molecule has 2 fully saturated rings. The SMILES string of the molecule is CCCCC[C@H]1CC[C@H]([C@H]2CC[C@H](c3ccc(C=C(C)C)cc3)CC2)CC1. The Morgan fingerprint density at radius 3 is 1.96 bits per heavy atom. The Hall–Kier alpha value is -1.04. The van der Waals surface area contributed by atoms with E-state index in [0.717, 1.165) is 23.7 Å². The maximum Gasteiger partial charge on any atom is -0.0162 e. The molecule has 0 bridgehead atoms. The van der Waals surface area contributed by atoms with Gasteiger partial charge in [-0.15, -0.1) is 0 Å². The Labute approximate surface area is 168 Å². The highest BCUT2D eigenvalue weighted by Gasteiger charge is 2.31. The van der Waals surface area contributed by atoms with E-state index in [0.29, 0.717) is 0 Å². The van der Waals surface area contributed by atoms with Crippen molar-refractivity contribution < 1.29 is 0 Å². The summed E-state index contributed by atoms with van der Waals surface area (Å²) in [6, 6.07) is 9.41. The van der Waals surface area contributed by atoms with Crippen LogP contribution in [0, 0.1) is 17.8 Å². The molecule has 0 atom stereocenters. The topological polar surface area (TPSA) is 0 Å². The van der Waals surface area contributed by atoms with Gasteiger partial charge in [0.05, 0.1) is 0 Å². The molecule has 3 rings (SSSR count). The minimum Gasteiger partial charge on any atom is -0.0758 e. The third-order valence-electron chi connectivity index (χ3n) is 7.41. The third kappa shape index (κ3) is 6.23. The normalized spacial score (nSPS) is 28.7. The lowest BCUT2D eigenvalue weighted by Crippen LogP contribution is -2.25. The molecule has 1 aromatic carbocycles. The zero-order valence-electron chi connectivity index (χ0n) is 18.2. The van der Waals surface area contributed by atoms with E-state index >= 15 is 0 Å². The highest BCUT2D eigenvalue weighted by molar-refractivity contribution is 5.52.